The number of hydrogen-bond donors (Lipinski definition) is 2. The summed E-state index contributed by atoms with van der Waals surface area (Å²) < 4.78 is 7.10. The standard InChI is InChI=1S/C19H23N5O4S/c25-16(20-13-5-7-14(8-6-13)23-9-1-4-17(23)26)12-29-19-22-21-18(27)24(19)11-15-3-2-10-28-15/h5-8,15H,1-4,9-12H2,(H,20,25)(H,21,27)/t15-/m1/s1. The zero-order chi connectivity index (χ0) is 20.2. The molecule has 0 saturated carbocycles. The van der Waals surface area contributed by atoms with Crippen LogP contribution in [-0.4, -0.2) is 51.6 Å². The molecular weight excluding hydrogens is 394 g/mol. The maximum Gasteiger partial charge on any atom is 0.344 e. The smallest absolute Gasteiger partial charge is 0.344 e. The second-order valence-corrected chi connectivity index (χ2v) is 8.03. The Hall–Kier alpha value is -2.59. The van der Waals surface area contributed by atoms with Gasteiger partial charge in [-0.2, -0.15) is 0 Å². The van der Waals surface area contributed by atoms with Gasteiger partial charge in [0.25, 0.3) is 0 Å². The van der Waals surface area contributed by atoms with Gasteiger partial charge in [-0.1, -0.05) is 11.8 Å². The summed E-state index contributed by atoms with van der Waals surface area (Å²) in [6, 6.07) is 7.23. The molecule has 0 aliphatic carbocycles. The molecule has 10 heteroatoms. The average Bonchev–Trinajstić information content (AvgIpc) is 3.45. The number of nitrogens with zero attached hydrogens (tertiary/aromatic N) is 3. The molecule has 2 aliphatic rings. The van der Waals surface area contributed by atoms with E-state index >= 15 is 0 Å². The van der Waals surface area contributed by atoms with Gasteiger partial charge in [0.2, 0.25) is 11.8 Å². The first-order chi connectivity index (χ1) is 14.1. The number of amides is 2. The maximum atomic E-state index is 12.3. The van der Waals surface area contributed by atoms with Gasteiger partial charge in [-0.05, 0) is 43.5 Å². The Labute approximate surface area is 171 Å². The highest BCUT2D eigenvalue weighted by Gasteiger charge is 2.22. The second-order valence-electron chi connectivity index (χ2n) is 7.09. The van der Waals surface area contributed by atoms with E-state index in [-0.39, 0.29) is 29.4 Å². The Bertz CT molecular complexity index is 933. The Morgan fingerprint density at radius 3 is 2.79 bits per heavy atom. The third-order valence-corrected chi connectivity index (χ3v) is 5.98. The number of thioether (sulfide) groups is 1. The van der Waals surface area contributed by atoms with Gasteiger partial charge in [0.15, 0.2) is 5.16 Å². The highest BCUT2D eigenvalue weighted by atomic mass is 32.2. The van der Waals surface area contributed by atoms with Crippen molar-refractivity contribution in [1.82, 2.24) is 14.8 Å². The van der Waals surface area contributed by atoms with Crippen molar-refractivity contribution in [1.29, 1.82) is 0 Å². The summed E-state index contributed by atoms with van der Waals surface area (Å²) in [5, 5.41) is 9.76. The van der Waals surface area contributed by atoms with Gasteiger partial charge in [0.1, 0.15) is 0 Å². The Morgan fingerprint density at radius 2 is 2.10 bits per heavy atom. The van der Waals surface area contributed by atoms with Crippen LogP contribution in [0.3, 0.4) is 0 Å². The van der Waals surface area contributed by atoms with Crippen molar-refractivity contribution in [2.45, 2.75) is 43.5 Å². The molecule has 3 heterocycles. The molecule has 1 atom stereocenters. The molecule has 9 nitrogen and oxygen atoms in total. The molecule has 2 N–H and O–H groups in total. The summed E-state index contributed by atoms with van der Waals surface area (Å²) in [6.07, 6.45) is 3.38. The molecule has 4 rings (SSSR count). The molecule has 2 amide bonds. The van der Waals surface area contributed by atoms with Gasteiger partial charge in [-0.25, -0.2) is 9.89 Å². The van der Waals surface area contributed by atoms with Gasteiger partial charge < -0.3 is 15.0 Å². The van der Waals surface area contributed by atoms with Crippen LogP contribution in [0.25, 0.3) is 0 Å². The number of aromatic nitrogens is 3. The first kappa shape index (κ1) is 19.7. The van der Waals surface area contributed by atoms with Crippen LogP contribution >= 0.6 is 11.8 Å². The van der Waals surface area contributed by atoms with Crippen molar-refractivity contribution in [3.8, 4) is 0 Å². The summed E-state index contributed by atoms with van der Waals surface area (Å²) in [5.41, 5.74) is 1.20. The van der Waals surface area contributed by atoms with Crippen molar-refractivity contribution in [2.24, 2.45) is 0 Å². The predicted octanol–water partition coefficient (Wildman–Crippen LogP) is 1.61. The fourth-order valence-electron chi connectivity index (χ4n) is 3.54. The highest BCUT2D eigenvalue weighted by Crippen LogP contribution is 2.23. The number of H-pyrrole nitrogens is 1. The minimum Gasteiger partial charge on any atom is -0.376 e. The molecule has 2 aromatic rings. The minimum atomic E-state index is -0.296. The Kier molecular flexibility index (Phi) is 6.00. The Morgan fingerprint density at radius 1 is 1.28 bits per heavy atom. The number of benzene rings is 1. The van der Waals surface area contributed by atoms with Crippen LogP contribution < -0.4 is 15.9 Å². The van der Waals surface area contributed by atoms with Gasteiger partial charge in [0.05, 0.1) is 18.4 Å². The van der Waals surface area contributed by atoms with E-state index in [1.165, 1.54) is 16.3 Å². The predicted molar refractivity (Wildman–Crippen MR) is 109 cm³/mol. The van der Waals surface area contributed by atoms with E-state index in [9.17, 15) is 14.4 Å². The van der Waals surface area contributed by atoms with E-state index in [0.29, 0.717) is 30.4 Å². The largest absolute Gasteiger partial charge is 0.376 e. The summed E-state index contributed by atoms with van der Waals surface area (Å²) >= 11 is 1.20. The average molecular weight is 417 g/mol. The third kappa shape index (κ3) is 4.70. The highest BCUT2D eigenvalue weighted by molar-refractivity contribution is 7.99. The van der Waals surface area contributed by atoms with Crippen LogP contribution in [0.5, 0.6) is 0 Å². The van der Waals surface area contributed by atoms with Crippen LogP contribution in [0.1, 0.15) is 25.7 Å². The SMILES string of the molecule is O=C(CSc1n[nH]c(=O)n1C[C@H]1CCCO1)Nc1ccc(N2CCCC2=O)cc1. The van der Waals surface area contributed by atoms with Crippen LogP contribution in [0.4, 0.5) is 11.4 Å². The first-order valence-corrected chi connectivity index (χ1v) is 10.7. The lowest BCUT2D eigenvalue weighted by atomic mass is 10.2. The number of nitrogens with one attached hydrogen (secondary N) is 2. The zero-order valence-electron chi connectivity index (χ0n) is 15.9. The number of aromatic amines is 1. The molecule has 1 aromatic carbocycles. The van der Waals surface area contributed by atoms with Crippen LogP contribution in [0.15, 0.2) is 34.2 Å². The molecule has 0 bridgehead atoms. The number of rotatable bonds is 7. The molecule has 0 spiro atoms. The van der Waals surface area contributed by atoms with Crippen molar-refractivity contribution >= 4 is 35.0 Å². The number of carbonyl (C=O) groups is 2. The molecule has 2 fully saturated rings. The van der Waals surface area contributed by atoms with E-state index in [1.54, 1.807) is 17.0 Å². The van der Waals surface area contributed by atoms with Crippen molar-refractivity contribution in [2.75, 3.05) is 29.1 Å². The van der Waals surface area contributed by atoms with Crippen molar-refractivity contribution in [3.63, 3.8) is 0 Å². The lowest BCUT2D eigenvalue weighted by Gasteiger charge is -2.16. The summed E-state index contributed by atoms with van der Waals surface area (Å²) in [7, 11) is 0. The topological polar surface area (TPSA) is 109 Å². The summed E-state index contributed by atoms with van der Waals surface area (Å²) in [4.78, 5) is 37.8. The maximum absolute atomic E-state index is 12.3. The number of carbonyl (C=O) groups excluding carboxylic acids is 2. The molecular formula is C19H23N5O4S. The molecule has 29 heavy (non-hydrogen) atoms. The third-order valence-electron chi connectivity index (χ3n) is 5.00. The van der Waals surface area contributed by atoms with E-state index in [0.717, 1.165) is 31.5 Å². The van der Waals surface area contributed by atoms with E-state index in [1.807, 2.05) is 12.1 Å². The lowest BCUT2D eigenvalue weighted by Crippen LogP contribution is -2.25. The van der Waals surface area contributed by atoms with Gasteiger partial charge in [-0.15, -0.1) is 5.10 Å². The van der Waals surface area contributed by atoms with Crippen molar-refractivity contribution in [3.05, 3.63) is 34.7 Å². The van der Waals surface area contributed by atoms with E-state index in [4.69, 9.17) is 4.74 Å². The van der Waals surface area contributed by atoms with Gasteiger partial charge >= 0.3 is 5.69 Å². The summed E-state index contributed by atoms with van der Waals surface area (Å²) in [5.74, 6) is 0.0627. The fourth-order valence-corrected chi connectivity index (χ4v) is 4.30. The molecule has 2 saturated heterocycles. The minimum absolute atomic E-state index is 0.0134. The lowest BCUT2D eigenvalue weighted by molar-refractivity contribution is -0.117. The van der Waals surface area contributed by atoms with Gasteiger partial charge in [-0.3, -0.25) is 14.2 Å². The van der Waals surface area contributed by atoms with Crippen LogP contribution in [0, 0.1) is 0 Å². The normalized spacial score (nSPS) is 19.1. The molecule has 0 unspecified atom stereocenters. The fraction of sp³-hybridized carbons (Fsp3) is 0.474. The quantitative estimate of drug-likeness (QED) is 0.663. The molecule has 2 aliphatic heterocycles. The number of anilines is 2. The van der Waals surface area contributed by atoms with Crippen LogP contribution in [0.2, 0.25) is 0 Å². The van der Waals surface area contributed by atoms with E-state index < -0.39 is 0 Å². The molecule has 154 valence electrons. The number of ether oxygens (including phenoxy) is 1. The monoisotopic (exact) mass is 417 g/mol. The second kappa shape index (κ2) is 8.83. The van der Waals surface area contributed by atoms with Crippen molar-refractivity contribution < 1.29 is 14.3 Å². The molecule has 1 aromatic heterocycles. The Balaban J connectivity index is 1.31. The summed E-state index contributed by atoms with van der Waals surface area (Å²) in [6.45, 7) is 1.89. The molecule has 0 radical (unpaired) electrons. The van der Waals surface area contributed by atoms with Gasteiger partial charge in [0, 0.05) is 30.9 Å². The zero-order valence-corrected chi connectivity index (χ0v) is 16.7. The van der Waals surface area contributed by atoms with E-state index in [2.05, 4.69) is 15.5 Å². The van der Waals surface area contributed by atoms with Crippen LogP contribution in [-0.2, 0) is 20.9 Å². The number of hydrogen-bond acceptors (Lipinski definition) is 6. The first-order valence-electron chi connectivity index (χ1n) is 9.70.